The van der Waals surface area contributed by atoms with Crippen LogP contribution in [0, 0.1) is 41.4 Å². The Labute approximate surface area is 407 Å². The molecule has 3 rings (SSSR count). The monoisotopic (exact) mass is 951 g/mol. The number of aliphatic carboxylic acids is 1. The van der Waals surface area contributed by atoms with E-state index in [0.717, 1.165) is 30.4 Å². The van der Waals surface area contributed by atoms with Crippen LogP contribution in [0.15, 0.2) is 54.1 Å². The summed E-state index contributed by atoms with van der Waals surface area (Å²) in [6, 6.07) is 6.96. The maximum Gasteiger partial charge on any atom is 0.329 e. The summed E-state index contributed by atoms with van der Waals surface area (Å²) in [5.41, 5.74) is 1.80. The van der Waals surface area contributed by atoms with Crippen molar-refractivity contribution in [3.63, 3.8) is 0 Å². The summed E-state index contributed by atoms with van der Waals surface area (Å²) in [6.45, 7) is 18.9. The van der Waals surface area contributed by atoms with Gasteiger partial charge in [-0.1, -0.05) is 117 Å². The van der Waals surface area contributed by atoms with E-state index in [0.29, 0.717) is 44.7 Å². The summed E-state index contributed by atoms with van der Waals surface area (Å²) < 4.78 is 17.9. The molecule has 0 aromatic heterocycles. The Kier molecular flexibility index (Phi) is 24.6. The van der Waals surface area contributed by atoms with Gasteiger partial charge in [0.1, 0.15) is 12.6 Å². The van der Waals surface area contributed by atoms with E-state index in [1.165, 1.54) is 0 Å². The first-order valence-corrected chi connectivity index (χ1v) is 25.2. The third-order valence-corrected chi connectivity index (χ3v) is 14.3. The number of carbonyl (C=O) groups excluding carboxylic acids is 5. The molecular weight excluding hydrogens is 865 g/mol. The molecule has 1 heterocycles. The molecule has 1 aromatic rings. The predicted molar refractivity (Wildman–Crippen MR) is 265 cm³/mol. The number of likely N-dealkylation sites (N-methyl/N-ethyl adjacent to an activating group) is 1. The lowest BCUT2D eigenvalue weighted by Crippen LogP contribution is -2.55. The Morgan fingerprint density at radius 1 is 0.912 bits per heavy atom. The zero-order valence-corrected chi connectivity index (χ0v) is 43.3. The number of ether oxygens (including phenoxy) is 3. The van der Waals surface area contributed by atoms with Gasteiger partial charge in [0, 0.05) is 39.5 Å². The highest BCUT2D eigenvalue weighted by Gasteiger charge is 2.42. The molecule has 1 saturated heterocycles. The second-order valence-electron chi connectivity index (χ2n) is 20.3. The third-order valence-electron chi connectivity index (χ3n) is 14.3. The van der Waals surface area contributed by atoms with Gasteiger partial charge in [-0.15, -0.1) is 0 Å². The molecule has 0 spiro atoms. The van der Waals surface area contributed by atoms with Gasteiger partial charge < -0.3 is 34.9 Å². The number of hydrogen-bond donors (Lipinski definition) is 3. The zero-order valence-electron chi connectivity index (χ0n) is 43.3. The molecule has 1 aliphatic heterocycles. The average molecular weight is 951 g/mol. The Balaban J connectivity index is 1.70. The summed E-state index contributed by atoms with van der Waals surface area (Å²) in [7, 11) is 4.99. The first kappa shape index (κ1) is 57.9. The normalized spacial score (nSPS) is 20.2. The molecular formula is C54H86N4O10. The van der Waals surface area contributed by atoms with Crippen LogP contribution in [0.25, 0.3) is 0 Å². The van der Waals surface area contributed by atoms with E-state index in [1.807, 2.05) is 87.9 Å². The highest BCUT2D eigenvalue weighted by Crippen LogP contribution is 2.33. The van der Waals surface area contributed by atoms with Gasteiger partial charge >= 0.3 is 11.9 Å². The van der Waals surface area contributed by atoms with E-state index >= 15 is 0 Å². The number of hydrogen-bond acceptors (Lipinski definition) is 10. The van der Waals surface area contributed by atoms with Crippen molar-refractivity contribution < 1.29 is 48.1 Å². The number of carbonyl (C=O) groups is 6. The topological polar surface area (TPSA) is 181 Å². The number of methoxy groups -OCH3 is 2. The Morgan fingerprint density at radius 2 is 1.60 bits per heavy atom. The van der Waals surface area contributed by atoms with Crippen molar-refractivity contribution in [2.75, 3.05) is 41.0 Å². The molecule has 3 N–H and O–H groups in total. The van der Waals surface area contributed by atoms with E-state index in [9.17, 15) is 28.8 Å². The molecule has 68 heavy (non-hydrogen) atoms. The number of allylic oxidation sites excluding steroid dienone is 2. The van der Waals surface area contributed by atoms with Gasteiger partial charge in [0.2, 0.25) is 17.7 Å². The van der Waals surface area contributed by atoms with Gasteiger partial charge in [0.15, 0.2) is 5.78 Å². The third kappa shape index (κ3) is 17.5. The summed E-state index contributed by atoms with van der Waals surface area (Å²) in [5, 5.41) is 15.2. The fourth-order valence-corrected chi connectivity index (χ4v) is 9.93. The molecule has 14 heteroatoms. The van der Waals surface area contributed by atoms with E-state index in [4.69, 9.17) is 19.3 Å². The van der Waals surface area contributed by atoms with Crippen LogP contribution in [-0.2, 0) is 49.4 Å². The van der Waals surface area contributed by atoms with Crippen molar-refractivity contribution in [1.29, 1.82) is 0 Å². The molecule has 382 valence electrons. The maximum absolute atomic E-state index is 14.4. The van der Waals surface area contributed by atoms with Gasteiger partial charge in [-0.05, 0) is 92.8 Å². The molecule has 4 unspecified atom stereocenters. The van der Waals surface area contributed by atoms with Gasteiger partial charge in [0.05, 0.1) is 42.7 Å². The molecule has 14 nitrogen and oxygen atoms in total. The van der Waals surface area contributed by atoms with Gasteiger partial charge in [-0.25, -0.2) is 4.79 Å². The minimum absolute atomic E-state index is 0.0131. The van der Waals surface area contributed by atoms with Crippen LogP contribution in [0.2, 0.25) is 0 Å². The number of likely N-dealkylation sites (tertiary alicyclic amines) is 1. The second kappa shape index (κ2) is 28.9. The minimum atomic E-state index is -0.932. The van der Waals surface area contributed by atoms with Crippen molar-refractivity contribution in [3.8, 4) is 0 Å². The van der Waals surface area contributed by atoms with Crippen LogP contribution in [0.3, 0.4) is 0 Å². The number of benzene rings is 1. The quantitative estimate of drug-likeness (QED) is 0.0653. The predicted octanol–water partition coefficient (Wildman–Crippen LogP) is 7.44. The maximum atomic E-state index is 14.4. The standard InChI is InChI=1S/C54H86N4O10/c1-13-37(7)42(28-25-38(8)50(62)48(34(2)3)56-53(64)49(35(4)5)57(10)29-18-22-47(60)61)45(66-11)32-46(59)58-30-17-21-44(58)51(67-12)39(9)52(63)55-43(31-40-19-15-14-16-20-40)54(65)68-33-41-26-23-36(6)24-27-41/h14-16,19-20,23,26-27,34-39,42-45,48-49,51H,13,17-18,21-22,24-25,28-33H2,1-12H3,(H,55,63)(H,56,64)(H,60,61)/t36?,37-,38?,39+,42-,43-,44-,45+,48-,49?,51?/m0/s1. The lowest BCUT2D eigenvalue weighted by atomic mass is 9.79. The number of esters is 1. The lowest BCUT2D eigenvalue weighted by Gasteiger charge is -2.36. The molecule has 1 fully saturated rings. The summed E-state index contributed by atoms with van der Waals surface area (Å²) >= 11 is 0. The van der Waals surface area contributed by atoms with Crippen molar-refractivity contribution in [2.45, 2.75) is 163 Å². The largest absolute Gasteiger partial charge is 0.481 e. The van der Waals surface area contributed by atoms with Gasteiger partial charge in [0.25, 0.3) is 0 Å². The molecule has 2 aliphatic rings. The summed E-state index contributed by atoms with van der Waals surface area (Å²) in [5.74, 6) is -2.90. The Hall–Kier alpha value is -4.40. The van der Waals surface area contributed by atoms with E-state index < -0.39 is 48.2 Å². The summed E-state index contributed by atoms with van der Waals surface area (Å²) in [6.07, 6.45) is 10.2. The number of amides is 3. The molecule has 11 atom stereocenters. The molecule has 0 bridgehead atoms. The smallest absolute Gasteiger partial charge is 0.329 e. The molecule has 0 radical (unpaired) electrons. The second-order valence-corrected chi connectivity index (χ2v) is 20.3. The SMILES string of the molecule is CC[C@H](C)[C@H](CCC(C)C(=O)[C@@H](NC(=O)C(C(C)C)N(C)CCCC(=O)O)C(C)C)[C@@H](CC(=O)N1CCC[C@H]1C(OC)[C@@H](C)C(=O)N[C@@H](Cc1ccccc1)C(=O)OCC1=CCC(C)C=C1)OC. The zero-order chi connectivity index (χ0) is 50.7. The van der Waals surface area contributed by atoms with Crippen molar-refractivity contribution >= 4 is 35.4 Å². The highest BCUT2D eigenvalue weighted by molar-refractivity contribution is 5.92. The van der Waals surface area contributed by atoms with Crippen LogP contribution in [0.5, 0.6) is 0 Å². The van der Waals surface area contributed by atoms with Crippen LogP contribution in [0.1, 0.15) is 126 Å². The fourth-order valence-electron chi connectivity index (χ4n) is 9.93. The first-order chi connectivity index (χ1) is 32.2. The number of ketones is 1. The van der Waals surface area contributed by atoms with Crippen molar-refractivity contribution in [1.82, 2.24) is 20.4 Å². The van der Waals surface area contributed by atoms with Crippen LogP contribution < -0.4 is 10.6 Å². The van der Waals surface area contributed by atoms with Crippen LogP contribution in [0.4, 0.5) is 0 Å². The van der Waals surface area contributed by atoms with E-state index in [1.54, 1.807) is 21.1 Å². The minimum Gasteiger partial charge on any atom is -0.481 e. The number of nitrogens with one attached hydrogen (secondary N) is 2. The first-order valence-electron chi connectivity index (χ1n) is 25.2. The van der Waals surface area contributed by atoms with Crippen LogP contribution in [-0.4, -0.2) is 128 Å². The van der Waals surface area contributed by atoms with E-state index in [2.05, 4.69) is 43.6 Å². The van der Waals surface area contributed by atoms with Gasteiger partial charge in [-0.3, -0.25) is 28.9 Å². The molecule has 3 amide bonds. The number of carboxylic acids is 1. The Morgan fingerprint density at radius 3 is 2.18 bits per heavy atom. The number of rotatable bonds is 30. The van der Waals surface area contributed by atoms with E-state index in [-0.39, 0.29) is 85.0 Å². The number of carboxylic acid groups (broad SMARTS) is 1. The number of Topliss-reactive ketones (excluding diaryl/α,β-unsaturated/α-hetero) is 1. The lowest BCUT2D eigenvalue weighted by molar-refractivity contribution is -0.148. The molecule has 1 aliphatic carbocycles. The average Bonchev–Trinajstić information content (AvgIpc) is 3.79. The Bertz CT molecular complexity index is 1830. The highest BCUT2D eigenvalue weighted by atomic mass is 16.5. The fraction of sp³-hybridized carbons (Fsp3) is 0.704. The summed E-state index contributed by atoms with van der Waals surface area (Å²) in [4.78, 5) is 84.7. The molecule has 1 aromatic carbocycles. The molecule has 0 saturated carbocycles. The number of nitrogens with zero attached hydrogens (tertiary/aromatic N) is 2. The van der Waals surface area contributed by atoms with Crippen LogP contribution >= 0.6 is 0 Å². The van der Waals surface area contributed by atoms with Crippen molar-refractivity contribution in [2.24, 2.45) is 41.4 Å². The van der Waals surface area contributed by atoms with Crippen molar-refractivity contribution in [3.05, 3.63) is 59.7 Å². The van der Waals surface area contributed by atoms with Gasteiger partial charge in [-0.2, -0.15) is 0 Å².